The van der Waals surface area contributed by atoms with Crippen LogP contribution in [-0.4, -0.2) is 14.1 Å². The van der Waals surface area contributed by atoms with Gasteiger partial charge in [-0.05, 0) is 39.8 Å². The molecule has 0 saturated heterocycles. The monoisotopic (exact) mass is 402 g/mol. The number of hydrogen-bond acceptors (Lipinski definition) is 2. The molecule has 0 fully saturated rings. The third-order valence-electron chi connectivity index (χ3n) is 5.86. The van der Waals surface area contributed by atoms with Gasteiger partial charge in [-0.1, -0.05) is 99.6 Å². The van der Waals surface area contributed by atoms with Gasteiger partial charge in [-0.3, -0.25) is 0 Å². The fraction of sp³-hybridized carbons (Fsp3) is 0.308. The Hall–Kier alpha value is -2.20. The second-order valence-corrected chi connectivity index (χ2v) is 11.4. The van der Waals surface area contributed by atoms with E-state index in [4.69, 9.17) is 4.43 Å². The predicted molar refractivity (Wildman–Crippen MR) is 122 cm³/mol. The van der Waals surface area contributed by atoms with Gasteiger partial charge >= 0.3 is 0 Å². The standard InChI is InChI=1S/C26H30O2Si/c1-25(2,3)23-17-10-18-24-22(23)16-11-19-26(24,27)28-29(20-12-6-4-7-13-20)21-14-8-5-9-15-21/h4-10,12-15,17-18,27,29H,11,16,19H2,1-3H3/t26-/m0/s1. The normalized spacial score (nSPS) is 19.2. The van der Waals surface area contributed by atoms with E-state index in [2.05, 4.69) is 87.5 Å². The lowest BCUT2D eigenvalue weighted by molar-refractivity contribution is -0.158. The number of benzene rings is 3. The van der Waals surface area contributed by atoms with E-state index in [0.29, 0.717) is 6.42 Å². The van der Waals surface area contributed by atoms with Gasteiger partial charge in [-0.2, -0.15) is 0 Å². The first-order chi connectivity index (χ1) is 13.9. The topological polar surface area (TPSA) is 29.5 Å². The lowest BCUT2D eigenvalue weighted by Crippen LogP contribution is -2.51. The highest BCUT2D eigenvalue weighted by molar-refractivity contribution is 6.80. The summed E-state index contributed by atoms with van der Waals surface area (Å²) in [6.07, 6.45) is 2.56. The minimum atomic E-state index is -2.06. The highest BCUT2D eigenvalue weighted by Crippen LogP contribution is 2.41. The van der Waals surface area contributed by atoms with Crippen LogP contribution in [0.3, 0.4) is 0 Å². The smallest absolute Gasteiger partial charge is 0.244 e. The van der Waals surface area contributed by atoms with Crippen molar-refractivity contribution in [3.63, 3.8) is 0 Å². The van der Waals surface area contributed by atoms with Crippen molar-refractivity contribution in [3.05, 3.63) is 95.6 Å². The maximum absolute atomic E-state index is 11.8. The Morgan fingerprint density at radius 1 is 0.828 bits per heavy atom. The van der Waals surface area contributed by atoms with E-state index < -0.39 is 14.8 Å². The molecule has 1 N–H and O–H groups in total. The summed E-state index contributed by atoms with van der Waals surface area (Å²) in [6, 6.07) is 27.1. The molecule has 3 heteroatoms. The Morgan fingerprint density at radius 2 is 1.41 bits per heavy atom. The molecule has 1 aliphatic rings. The van der Waals surface area contributed by atoms with Crippen molar-refractivity contribution in [2.45, 2.75) is 51.2 Å². The van der Waals surface area contributed by atoms with E-state index in [1.54, 1.807) is 0 Å². The summed E-state index contributed by atoms with van der Waals surface area (Å²) in [4.78, 5) is 0. The lowest BCUT2D eigenvalue weighted by Gasteiger charge is -2.39. The minimum Gasteiger partial charge on any atom is -0.381 e. The molecular formula is C26H30O2Si. The van der Waals surface area contributed by atoms with Crippen LogP contribution in [0.4, 0.5) is 0 Å². The zero-order valence-electron chi connectivity index (χ0n) is 17.6. The molecule has 3 aromatic rings. The van der Waals surface area contributed by atoms with Gasteiger partial charge in [0.25, 0.3) is 0 Å². The first kappa shape index (κ1) is 20.1. The van der Waals surface area contributed by atoms with Crippen molar-refractivity contribution in [1.82, 2.24) is 0 Å². The van der Waals surface area contributed by atoms with Gasteiger partial charge in [0.05, 0.1) is 0 Å². The van der Waals surface area contributed by atoms with Crippen LogP contribution in [0.25, 0.3) is 0 Å². The molecule has 29 heavy (non-hydrogen) atoms. The highest BCUT2D eigenvalue weighted by Gasteiger charge is 2.40. The zero-order valence-corrected chi connectivity index (χ0v) is 18.7. The van der Waals surface area contributed by atoms with Crippen molar-refractivity contribution in [1.29, 1.82) is 0 Å². The van der Waals surface area contributed by atoms with Crippen molar-refractivity contribution in [2.75, 3.05) is 0 Å². The van der Waals surface area contributed by atoms with Crippen LogP contribution in [0.5, 0.6) is 0 Å². The Morgan fingerprint density at radius 3 is 1.97 bits per heavy atom. The average molecular weight is 403 g/mol. The van der Waals surface area contributed by atoms with E-state index in [0.717, 1.165) is 18.4 Å². The largest absolute Gasteiger partial charge is 0.381 e. The van der Waals surface area contributed by atoms with Crippen LogP contribution in [0.15, 0.2) is 78.9 Å². The molecule has 0 bridgehead atoms. The van der Waals surface area contributed by atoms with Crippen LogP contribution in [0.1, 0.15) is 50.3 Å². The summed E-state index contributed by atoms with van der Waals surface area (Å²) in [5.41, 5.74) is 3.58. The van der Waals surface area contributed by atoms with Gasteiger partial charge in [0, 0.05) is 12.0 Å². The van der Waals surface area contributed by atoms with Crippen molar-refractivity contribution >= 4 is 19.4 Å². The SMILES string of the molecule is CC(C)(C)c1cccc2c1CCC[C@]2(O)O[SiH](c1ccccc1)c1ccccc1. The van der Waals surface area contributed by atoms with Crippen molar-refractivity contribution in [3.8, 4) is 0 Å². The number of aliphatic hydroxyl groups is 1. The summed E-state index contributed by atoms with van der Waals surface area (Å²) < 4.78 is 6.74. The van der Waals surface area contributed by atoms with Gasteiger partial charge < -0.3 is 9.53 Å². The first-order valence-electron chi connectivity index (χ1n) is 10.5. The molecule has 3 aromatic carbocycles. The third-order valence-corrected chi connectivity index (χ3v) is 8.47. The minimum absolute atomic E-state index is 0.0410. The molecular weight excluding hydrogens is 372 g/mol. The first-order valence-corrected chi connectivity index (χ1v) is 12.1. The predicted octanol–water partition coefficient (Wildman–Crippen LogP) is 4.02. The van der Waals surface area contributed by atoms with Crippen molar-refractivity contribution < 1.29 is 9.53 Å². The number of rotatable bonds is 4. The fourth-order valence-corrected chi connectivity index (χ4v) is 6.90. The van der Waals surface area contributed by atoms with E-state index in [9.17, 15) is 5.11 Å². The number of fused-ring (bicyclic) bond motifs is 1. The Balaban J connectivity index is 1.78. The van der Waals surface area contributed by atoms with Crippen LogP contribution in [0.2, 0.25) is 0 Å². The molecule has 0 spiro atoms. The molecule has 1 aliphatic carbocycles. The van der Waals surface area contributed by atoms with Gasteiger partial charge in [0.15, 0.2) is 5.79 Å². The maximum Gasteiger partial charge on any atom is 0.244 e. The van der Waals surface area contributed by atoms with E-state index in [1.165, 1.54) is 21.5 Å². The Kier molecular flexibility index (Phi) is 5.47. The molecule has 0 heterocycles. The molecule has 0 saturated carbocycles. The van der Waals surface area contributed by atoms with E-state index in [1.807, 2.05) is 12.1 Å². The Labute approximate surface area is 175 Å². The highest BCUT2D eigenvalue weighted by atomic mass is 28.3. The maximum atomic E-state index is 11.8. The molecule has 1 atom stereocenters. The number of hydrogen-bond donors (Lipinski definition) is 1. The Bertz CT molecular complexity index is 924. The fourth-order valence-electron chi connectivity index (χ4n) is 4.47. The molecule has 150 valence electrons. The summed E-state index contributed by atoms with van der Waals surface area (Å²) in [5, 5.41) is 14.2. The molecule has 0 unspecified atom stereocenters. The quantitative estimate of drug-likeness (QED) is 0.528. The molecule has 4 rings (SSSR count). The van der Waals surface area contributed by atoms with E-state index >= 15 is 0 Å². The molecule has 2 nitrogen and oxygen atoms in total. The summed E-state index contributed by atoms with van der Waals surface area (Å²) in [6.45, 7) is 6.72. The van der Waals surface area contributed by atoms with Crippen LogP contribution in [0, 0.1) is 0 Å². The molecule has 0 aliphatic heterocycles. The second-order valence-electron chi connectivity index (χ2n) is 9.04. The van der Waals surface area contributed by atoms with Crippen LogP contribution >= 0.6 is 0 Å². The lowest BCUT2D eigenvalue weighted by atomic mass is 9.76. The van der Waals surface area contributed by atoms with Crippen LogP contribution in [-0.2, 0) is 22.0 Å². The average Bonchev–Trinajstić information content (AvgIpc) is 2.73. The summed E-state index contributed by atoms with van der Waals surface area (Å²) in [5.74, 6) is -1.24. The molecule has 0 radical (unpaired) electrons. The molecule has 0 aromatic heterocycles. The van der Waals surface area contributed by atoms with Gasteiger partial charge in [-0.25, -0.2) is 0 Å². The van der Waals surface area contributed by atoms with Crippen molar-refractivity contribution in [2.24, 2.45) is 0 Å². The van der Waals surface area contributed by atoms with E-state index in [-0.39, 0.29) is 5.41 Å². The van der Waals surface area contributed by atoms with Crippen LogP contribution < -0.4 is 10.4 Å². The third kappa shape index (κ3) is 4.09. The molecule has 0 amide bonds. The van der Waals surface area contributed by atoms with Gasteiger partial charge in [0.1, 0.15) is 0 Å². The second kappa shape index (κ2) is 7.90. The summed E-state index contributed by atoms with van der Waals surface area (Å²) in [7, 11) is -2.06. The summed E-state index contributed by atoms with van der Waals surface area (Å²) >= 11 is 0. The van der Waals surface area contributed by atoms with Gasteiger partial charge in [0.2, 0.25) is 9.04 Å². The van der Waals surface area contributed by atoms with Gasteiger partial charge in [-0.15, -0.1) is 0 Å². The zero-order chi connectivity index (χ0) is 20.5.